The van der Waals surface area contributed by atoms with Crippen LogP contribution < -0.4 is 4.90 Å². The first-order chi connectivity index (χ1) is 12.7. The number of anilines is 1. The van der Waals surface area contributed by atoms with Crippen molar-refractivity contribution in [2.75, 3.05) is 38.2 Å². The lowest BCUT2D eigenvalue weighted by Crippen LogP contribution is -2.50. The molecule has 2 heterocycles. The number of piperazine rings is 1. The van der Waals surface area contributed by atoms with Crippen molar-refractivity contribution >= 4 is 28.7 Å². The van der Waals surface area contributed by atoms with Crippen molar-refractivity contribution < 1.29 is 19.1 Å². The zero-order valence-electron chi connectivity index (χ0n) is 16.5. The number of ether oxygens (including phenoxy) is 2. The lowest BCUT2D eigenvalue weighted by atomic mass is 10.1. The van der Waals surface area contributed by atoms with Gasteiger partial charge < -0.3 is 19.3 Å². The van der Waals surface area contributed by atoms with E-state index in [0.29, 0.717) is 31.9 Å². The van der Waals surface area contributed by atoms with Gasteiger partial charge in [0.15, 0.2) is 5.69 Å². The van der Waals surface area contributed by atoms with Gasteiger partial charge in [0.25, 0.3) is 0 Å². The molecule has 0 radical (unpaired) electrons. The van der Waals surface area contributed by atoms with E-state index < -0.39 is 11.6 Å². The van der Waals surface area contributed by atoms with Crippen LogP contribution in [-0.4, -0.2) is 65.6 Å². The van der Waals surface area contributed by atoms with E-state index in [1.165, 1.54) is 7.11 Å². The first-order valence-corrected chi connectivity index (χ1v) is 8.97. The predicted octanol–water partition coefficient (Wildman–Crippen LogP) is 2.42. The average Bonchev–Trinajstić information content (AvgIpc) is 2.94. The third-order valence-corrected chi connectivity index (χ3v) is 4.49. The van der Waals surface area contributed by atoms with Crippen molar-refractivity contribution in [3.8, 4) is 0 Å². The third-order valence-electron chi connectivity index (χ3n) is 4.49. The highest BCUT2D eigenvalue weighted by molar-refractivity contribution is 6.02. The predicted molar refractivity (Wildman–Crippen MR) is 102 cm³/mol. The van der Waals surface area contributed by atoms with E-state index in [-0.39, 0.29) is 6.09 Å². The molecule has 0 bridgehead atoms. The number of amides is 1. The van der Waals surface area contributed by atoms with Crippen LogP contribution in [0.25, 0.3) is 10.9 Å². The number of hydrogen-bond acceptors (Lipinski definition) is 6. The summed E-state index contributed by atoms with van der Waals surface area (Å²) in [5.41, 5.74) is 1.70. The van der Waals surface area contributed by atoms with Crippen LogP contribution in [0.2, 0.25) is 0 Å². The van der Waals surface area contributed by atoms with Gasteiger partial charge in [0, 0.05) is 44.3 Å². The fourth-order valence-electron chi connectivity index (χ4n) is 3.20. The van der Waals surface area contributed by atoms with E-state index in [1.807, 2.05) is 39.0 Å². The van der Waals surface area contributed by atoms with Gasteiger partial charge in [0.1, 0.15) is 5.60 Å². The molecule has 0 spiro atoms. The lowest BCUT2D eigenvalue weighted by molar-refractivity contribution is 0.0240. The summed E-state index contributed by atoms with van der Waals surface area (Å²) < 4.78 is 11.8. The molecular weight excluding hydrogens is 348 g/mol. The Kier molecular flexibility index (Phi) is 4.99. The maximum absolute atomic E-state index is 12.2. The van der Waals surface area contributed by atoms with Gasteiger partial charge in [0.05, 0.1) is 12.6 Å². The molecule has 27 heavy (non-hydrogen) atoms. The smallest absolute Gasteiger partial charge is 0.410 e. The highest BCUT2D eigenvalue weighted by Gasteiger charge is 2.26. The van der Waals surface area contributed by atoms with Crippen molar-refractivity contribution in [2.45, 2.75) is 26.4 Å². The van der Waals surface area contributed by atoms with Crippen LogP contribution in [-0.2, 0) is 16.5 Å². The van der Waals surface area contributed by atoms with Gasteiger partial charge in [-0.3, -0.25) is 4.68 Å². The molecule has 1 aromatic heterocycles. The van der Waals surface area contributed by atoms with Gasteiger partial charge in [0.2, 0.25) is 0 Å². The minimum atomic E-state index is -0.490. The number of methoxy groups -OCH3 is 1. The van der Waals surface area contributed by atoms with Crippen molar-refractivity contribution in [3.63, 3.8) is 0 Å². The first kappa shape index (κ1) is 19.0. The van der Waals surface area contributed by atoms with Crippen LogP contribution in [0.15, 0.2) is 18.2 Å². The quantitative estimate of drug-likeness (QED) is 0.752. The normalized spacial score (nSPS) is 15.1. The Morgan fingerprint density at radius 1 is 1.11 bits per heavy atom. The van der Waals surface area contributed by atoms with Crippen LogP contribution in [0, 0.1) is 0 Å². The second kappa shape index (κ2) is 7.09. The number of carbonyl (C=O) groups excluding carboxylic acids is 2. The van der Waals surface area contributed by atoms with Gasteiger partial charge in [-0.15, -0.1) is 0 Å². The van der Waals surface area contributed by atoms with Crippen LogP contribution >= 0.6 is 0 Å². The van der Waals surface area contributed by atoms with E-state index >= 15 is 0 Å². The van der Waals surface area contributed by atoms with Gasteiger partial charge in [-0.2, -0.15) is 5.10 Å². The lowest BCUT2D eigenvalue weighted by Gasteiger charge is -2.36. The summed E-state index contributed by atoms with van der Waals surface area (Å²) in [5, 5.41) is 5.19. The molecule has 1 amide bonds. The van der Waals surface area contributed by atoms with E-state index in [1.54, 1.807) is 16.6 Å². The van der Waals surface area contributed by atoms with Crippen molar-refractivity contribution in [1.29, 1.82) is 0 Å². The Balaban J connectivity index is 1.72. The highest BCUT2D eigenvalue weighted by atomic mass is 16.6. The number of nitrogens with zero attached hydrogens (tertiary/aromatic N) is 4. The summed E-state index contributed by atoms with van der Waals surface area (Å²) in [7, 11) is 3.09. The molecule has 8 heteroatoms. The molecule has 1 fully saturated rings. The van der Waals surface area contributed by atoms with Crippen molar-refractivity contribution in [1.82, 2.24) is 14.7 Å². The Morgan fingerprint density at radius 2 is 1.78 bits per heavy atom. The number of hydrogen-bond donors (Lipinski definition) is 0. The van der Waals surface area contributed by atoms with Crippen molar-refractivity contribution in [2.24, 2.45) is 7.05 Å². The highest BCUT2D eigenvalue weighted by Crippen LogP contribution is 2.25. The Labute approximate surface area is 158 Å². The topological polar surface area (TPSA) is 76.9 Å². The fraction of sp³-hybridized carbons (Fsp3) is 0.526. The molecule has 8 nitrogen and oxygen atoms in total. The first-order valence-electron chi connectivity index (χ1n) is 8.97. The number of esters is 1. The summed E-state index contributed by atoms with van der Waals surface area (Å²) in [5.74, 6) is -0.404. The zero-order valence-corrected chi connectivity index (χ0v) is 16.5. The van der Waals surface area contributed by atoms with Crippen LogP contribution in [0.5, 0.6) is 0 Å². The van der Waals surface area contributed by atoms with Gasteiger partial charge >= 0.3 is 12.1 Å². The number of aryl methyl sites for hydroxylation is 1. The molecular formula is C19H26N4O4. The second-order valence-corrected chi connectivity index (χ2v) is 7.62. The Bertz CT molecular complexity index is 860. The Hall–Kier alpha value is -2.77. The molecule has 0 saturated carbocycles. The van der Waals surface area contributed by atoms with E-state index in [2.05, 4.69) is 10.00 Å². The average molecular weight is 374 g/mol. The maximum Gasteiger partial charge on any atom is 0.410 e. The summed E-state index contributed by atoms with van der Waals surface area (Å²) in [4.78, 5) is 28.1. The van der Waals surface area contributed by atoms with Crippen LogP contribution in [0.3, 0.4) is 0 Å². The minimum Gasteiger partial charge on any atom is -0.464 e. The number of aromatic nitrogens is 2. The molecule has 3 rings (SSSR count). The molecule has 1 aliphatic rings. The number of carbonyl (C=O) groups is 2. The zero-order chi connectivity index (χ0) is 19.8. The maximum atomic E-state index is 12.2. The fourth-order valence-corrected chi connectivity index (χ4v) is 3.20. The molecule has 146 valence electrons. The van der Waals surface area contributed by atoms with Gasteiger partial charge in [-0.05, 0) is 39.0 Å². The van der Waals surface area contributed by atoms with Gasteiger partial charge in [-0.1, -0.05) is 0 Å². The third kappa shape index (κ3) is 3.99. The summed E-state index contributed by atoms with van der Waals surface area (Å²) >= 11 is 0. The number of rotatable bonds is 2. The Morgan fingerprint density at radius 3 is 2.37 bits per heavy atom. The summed E-state index contributed by atoms with van der Waals surface area (Å²) in [6.07, 6.45) is -0.273. The number of fused-ring (bicyclic) bond motifs is 1. The second-order valence-electron chi connectivity index (χ2n) is 7.62. The SMILES string of the molecule is COC(=O)c1c2ccc(N3CCN(C(=O)OC(C)(C)C)CC3)cc2nn1C. The molecule has 1 saturated heterocycles. The molecule has 0 atom stereocenters. The van der Waals surface area contributed by atoms with Crippen LogP contribution in [0.1, 0.15) is 31.3 Å². The standard InChI is InChI=1S/C19H26N4O4/c1-19(2,3)27-18(25)23-10-8-22(9-11-23)13-6-7-14-15(12-13)20-21(4)16(14)17(24)26-5/h6-7,12H,8-11H2,1-5H3. The van der Waals surface area contributed by atoms with Crippen LogP contribution in [0.4, 0.5) is 10.5 Å². The monoisotopic (exact) mass is 374 g/mol. The van der Waals surface area contributed by atoms with Gasteiger partial charge in [-0.25, -0.2) is 9.59 Å². The largest absolute Gasteiger partial charge is 0.464 e. The van der Waals surface area contributed by atoms with E-state index in [0.717, 1.165) is 16.6 Å². The summed E-state index contributed by atoms with van der Waals surface area (Å²) in [6, 6.07) is 5.83. The molecule has 1 aliphatic heterocycles. The molecule has 1 aromatic carbocycles. The molecule has 0 N–H and O–H groups in total. The molecule has 0 aliphatic carbocycles. The van der Waals surface area contributed by atoms with E-state index in [9.17, 15) is 9.59 Å². The minimum absolute atomic E-state index is 0.273. The molecule has 2 aromatic rings. The molecule has 0 unspecified atom stereocenters. The van der Waals surface area contributed by atoms with Crippen molar-refractivity contribution in [3.05, 3.63) is 23.9 Å². The number of benzene rings is 1. The summed E-state index contributed by atoms with van der Waals surface area (Å²) in [6.45, 7) is 8.22. The van der Waals surface area contributed by atoms with E-state index in [4.69, 9.17) is 9.47 Å².